The minimum atomic E-state index is 0.206. The fourth-order valence-corrected chi connectivity index (χ4v) is 2.65. The Morgan fingerprint density at radius 2 is 2.28 bits per heavy atom. The first-order valence-electron chi connectivity index (χ1n) is 6.20. The monoisotopic (exact) mass is 287 g/mol. The quantitative estimate of drug-likeness (QED) is 0.495. The van der Waals surface area contributed by atoms with E-state index in [-0.39, 0.29) is 6.61 Å². The molecule has 100 valence electrons. The number of aliphatic hydroxyl groups is 1. The van der Waals surface area contributed by atoms with E-state index in [0.717, 1.165) is 18.8 Å². The predicted molar refractivity (Wildman–Crippen MR) is 75.5 cm³/mol. The van der Waals surface area contributed by atoms with Crippen LogP contribution >= 0.6 is 23.4 Å². The van der Waals surface area contributed by atoms with Crippen molar-refractivity contribution in [2.24, 2.45) is 0 Å². The Kier molecular flexibility index (Phi) is 5.09. The molecule has 1 saturated carbocycles. The zero-order chi connectivity index (χ0) is 13.0. The van der Waals surface area contributed by atoms with E-state index in [9.17, 15) is 0 Å². The van der Waals surface area contributed by atoms with Gasteiger partial charge in [-0.1, -0.05) is 23.4 Å². The fourth-order valence-electron chi connectivity index (χ4n) is 2.05. The van der Waals surface area contributed by atoms with Gasteiger partial charge in [0.05, 0.1) is 0 Å². The smallest absolute Gasteiger partial charge is 0.190 e. The summed E-state index contributed by atoms with van der Waals surface area (Å²) in [7, 11) is 0. The van der Waals surface area contributed by atoms with Crippen LogP contribution in [0, 0.1) is 0 Å². The third-order valence-electron chi connectivity index (χ3n) is 3.21. The van der Waals surface area contributed by atoms with Gasteiger partial charge < -0.3 is 10.0 Å². The number of hydrogen-bond donors (Lipinski definition) is 1. The first-order valence-corrected chi connectivity index (χ1v) is 7.81. The van der Waals surface area contributed by atoms with Crippen molar-refractivity contribution in [1.82, 2.24) is 9.97 Å². The van der Waals surface area contributed by atoms with Crippen molar-refractivity contribution in [2.75, 3.05) is 24.3 Å². The molecule has 0 amide bonds. The van der Waals surface area contributed by atoms with E-state index in [1.54, 1.807) is 0 Å². The molecule has 1 aliphatic rings. The Labute approximate surface area is 117 Å². The van der Waals surface area contributed by atoms with Crippen molar-refractivity contribution in [2.45, 2.75) is 36.9 Å². The molecule has 0 spiro atoms. The van der Waals surface area contributed by atoms with Gasteiger partial charge in [0, 0.05) is 25.3 Å². The standard InChI is InChI=1S/C12H18ClN3OS/c1-18-12-14-10(13)8-11(15-12)16(6-3-7-17)9-4-2-5-9/h8-9,17H,2-7H2,1H3. The Balaban J connectivity index is 2.19. The summed E-state index contributed by atoms with van der Waals surface area (Å²) in [5.41, 5.74) is 0. The van der Waals surface area contributed by atoms with Crippen LogP contribution in [0.3, 0.4) is 0 Å². The van der Waals surface area contributed by atoms with Gasteiger partial charge >= 0.3 is 0 Å². The van der Waals surface area contributed by atoms with Crippen LogP contribution in [0.2, 0.25) is 5.15 Å². The third-order valence-corrected chi connectivity index (χ3v) is 3.95. The lowest BCUT2D eigenvalue weighted by Crippen LogP contribution is -2.41. The summed E-state index contributed by atoms with van der Waals surface area (Å²) in [5, 5.41) is 10.2. The molecule has 0 unspecified atom stereocenters. The fraction of sp³-hybridized carbons (Fsp3) is 0.667. The average molecular weight is 288 g/mol. The highest BCUT2D eigenvalue weighted by molar-refractivity contribution is 7.98. The molecule has 1 heterocycles. The van der Waals surface area contributed by atoms with Gasteiger partial charge in [0.2, 0.25) is 0 Å². The van der Waals surface area contributed by atoms with Crippen LogP contribution < -0.4 is 4.90 Å². The van der Waals surface area contributed by atoms with Gasteiger partial charge in [-0.3, -0.25) is 0 Å². The van der Waals surface area contributed by atoms with E-state index in [1.165, 1.54) is 31.0 Å². The second kappa shape index (κ2) is 6.59. The molecule has 1 N–H and O–H groups in total. The summed E-state index contributed by atoms with van der Waals surface area (Å²) < 4.78 is 0. The van der Waals surface area contributed by atoms with E-state index in [0.29, 0.717) is 16.4 Å². The van der Waals surface area contributed by atoms with Crippen LogP contribution in [-0.2, 0) is 0 Å². The molecule has 1 aromatic rings. The topological polar surface area (TPSA) is 49.2 Å². The Bertz CT molecular complexity index is 401. The lowest BCUT2D eigenvalue weighted by atomic mass is 9.91. The average Bonchev–Trinajstić information content (AvgIpc) is 2.31. The van der Waals surface area contributed by atoms with Crippen molar-refractivity contribution in [1.29, 1.82) is 0 Å². The summed E-state index contributed by atoms with van der Waals surface area (Å²) in [6.07, 6.45) is 6.36. The molecule has 18 heavy (non-hydrogen) atoms. The van der Waals surface area contributed by atoms with E-state index < -0.39 is 0 Å². The Morgan fingerprint density at radius 3 is 2.83 bits per heavy atom. The van der Waals surface area contributed by atoms with E-state index >= 15 is 0 Å². The van der Waals surface area contributed by atoms with Crippen molar-refractivity contribution in [3.8, 4) is 0 Å². The number of aromatic nitrogens is 2. The normalized spacial score (nSPS) is 15.5. The van der Waals surface area contributed by atoms with Crippen LogP contribution in [0.15, 0.2) is 11.2 Å². The van der Waals surface area contributed by atoms with Crippen LogP contribution in [0.1, 0.15) is 25.7 Å². The second-order valence-electron chi connectivity index (χ2n) is 4.39. The maximum atomic E-state index is 9.00. The van der Waals surface area contributed by atoms with Crippen LogP contribution in [0.5, 0.6) is 0 Å². The van der Waals surface area contributed by atoms with Crippen LogP contribution in [0.4, 0.5) is 5.82 Å². The van der Waals surface area contributed by atoms with Crippen molar-refractivity contribution < 1.29 is 5.11 Å². The highest BCUT2D eigenvalue weighted by atomic mass is 35.5. The summed E-state index contributed by atoms with van der Waals surface area (Å²) >= 11 is 7.53. The molecule has 1 aromatic heterocycles. The van der Waals surface area contributed by atoms with E-state index in [2.05, 4.69) is 14.9 Å². The molecular formula is C12H18ClN3OS. The summed E-state index contributed by atoms with van der Waals surface area (Å²) in [6, 6.07) is 2.36. The van der Waals surface area contributed by atoms with Crippen LogP contribution in [0.25, 0.3) is 0 Å². The number of halogens is 1. The lowest BCUT2D eigenvalue weighted by molar-refractivity contribution is 0.282. The maximum absolute atomic E-state index is 9.00. The molecule has 4 nitrogen and oxygen atoms in total. The molecule has 0 saturated heterocycles. The number of rotatable bonds is 6. The Hall–Kier alpha value is -0.520. The predicted octanol–water partition coefficient (Wildman–Crippen LogP) is 2.59. The number of aliphatic hydroxyl groups excluding tert-OH is 1. The first kappa shape index (κ1) is 13.9. The molecule has 0 atom stereocenters. The van der Waals surface area contributed by atoms with Crippen molar-refractivity contribution >= 4 is 29.2 Å². The summed E-state index contributed by atoms with van der Waals surface area (Å²) in [4.78, 5) is 10.9. The zero-order valence-electron chi connectivity index (χ0n) is 10.5. The molecule has 0 radical (unpaired) electrons. The number of thioether (sulfide) groups is 1. The number of anilines is 1. The maximum Gasteiger partial charge on any atom is 0.190 e. The lowest BCUT2D eigenvalue weighted by Gasteiger charge is -2.38. The zero-order valence-corrected chi connectivity index (χ0v) is 12.0. The second-order valence-corrected chi connectivity index (χ2v) is 5.55. The highest BCUT2D eigenvalue weighted by Crippen LogP contribution is 2.30. The third kappa shape index (κ3) is 3.28. The number of hydrogen-bond acceptors (Lipinski definition) is 5. The molecule has 0 aliphatic heterocycles. The SMILES string of the molecule is CSc1nc(Cl)cc(N(CCCO)C2CCC2)n1. The van der Waals surface area contributed by atoms with Gasteiger partial charge in [0.15, 0.2) is 5.16 Å². The van der Waals surface area contributed by atoms with Gasteiger partial charge in [-0.2, -0.15) is 0 Å². The van der Waals surface area contributed by atoms with Gasteiger partial charge in [-0.15, -0.1) is 0 Å². The van der Waals surface area contributed by atoms with Gasteiger partial charge in [0.1, 0.15) is 11.0 Å². The summed E-state index contributed by atoms with van der Waals surface area (Å²) in [5.74, 6) is 0.887. The van der Waals surface area contributed by atoms with Crippen molar-refractivity contribution in [3.05, 3.63) is 11.2 Å². The molecule has 2 rings (SSSR count). The molecule has 1 aliphatic carbocycles. The van der Waals surface area contributed by atoms with Gasteiger partial charge in [-0.05, 0) is 31.9 Å². The van der Waals surface area contributed by atoms with Gasteiger partial charge in [0.25, 0.3) is 0 Å². The molecule has 1 fully saturated rings. The largest absolute Gasteiger partial charge is 0.396 e. The molecular weight excluding hydrogens is 270 g/mol. The van der Waals surface area contributed by atoms with Crippen molar-refractivity contribution in [3.63, 3.8) is 0 Å². The Morgan fingerprint density at radius 1 is 1.50 bits per heavy atom. The minimum absolute atomic E-state index is 0.206. The van der Waals surface area contributed by atoms with E-state index in [4.69, 9.17) is 16.7 Å². The first-order chi connectivity index (χ1) is 8.74. The molecule has 0 aromatic carbocycles. The van der Waals surface area contributed by atoms with E-state index in [1.807, 2.05) is 12.3 Å². The molecule has 0 bridgehead atoms. The van der Waals surface area contributed by atoms with Crippen LogP contribution in [-0.4, -0.2) is 40.5 Å². The van der Waals surface area contributed by atoms with Gasteiger partial charge in [-0.25, -0.2) is 9.97 Å². The minimum Gasteiger partial charge on any atom is -0.396 e. The molecule has 6 heteroatoms. The number of nitrogens with zero attached hydrogens (tertiary/aromatic N) is 3. The summed E-state index contributed by atoms with van der Waals surface area (Å²) in [6.45, 7) is 1.03. The highest BCUT2D eigenvalue weighted by Gasteiger charge is 2.26.